The summed E-state index contributed by atoms with van der Waals surface area (Å²) in [4.78, 5) is 16.9. The molecule has 0 saturated carbocycles. The lowest BCUT2D eigenvalue weighted by Crippen LogP contribution is -2.38. The van der Waals surface area contributed by atoms with Crippen molar-refractivity contribution in [3.8, 4) is 0 Å². The number of piperidine rings is 1. The zero-order valence-corrected chi connectivity index (χ0v) is 16.3. The number of aryl methyl sites for hydroxylation is 2. The van der Waals surface area contributed by atoms with Gasteiger partial charge < -0.3 is 15.2 Å². The van der Waals surface area contributed by atoms with Crippen LogP contribution in [0.2, 0.25) is 0 Å². The predicted octanol–water partition coefficient (Wildman–Crippen LogP) is 4.18. The molecule has 0 spiro atoms. The molecule has 5 heteroatoms. The zero-order valence-electron chi connectivity index (χ0n) is 16.3. The molecule has 5 nitrogen and oxygen atoms in total. The highest BCUT2D eigenvalue weighted by Crippen LogP contribution is 2.35. The van der Waals surface area contributed by atoms with Crippen molar-refractivity contribution >= 4 is 16.9 Å². The number of likely N-dealkylation sites (tertiary alicyclic amines) is 1. The van der Waals surface area contributed by atoms with Gasteiger partial charge in [-0.05, 0) is 67.1 Å². The van der Waals surface area contributed by atoms with Crippen molar-refractivity contribution in [2.75, 3.05) is 6.54 Å². The van der Waals surface area contributed by atoms with Gasteiger partial charge in [0.25, 0.3) is 0 Å². The minimum atomic E-state index is -0.919. The lowest BCUT2D eigenvalue weighted by molar-refractivity contribution is 0.0365. The Hall–Kier alpha value is -2.63. The molecule has 3 N–H and O–H groups in total. The molecule has 4 rings (SSSR count). The van der Waals surface area contributed by atoms with Gasteiger partial charge in [0.05, 0.1) is 11.7 Å². The lowest BCUT2D eigenvalue weighted by atomic mass is 9.91. The highest BCUT2D eigenvalue weighted by molar-refractivity contribution is 5.88. The largest absolute Gasteiger partial charge is 0.478 e. The summed E-state index contributed by atoms with van der Waals surface area (Å²) < 4.78 is 0. The van der Waals surface area contributed by atoms with Crippen LogP contribution in [-0.4, -0.2) is 38.7 Å². The Morgan fingerprint density at radius 1 is 1.18 bits per heavy atom. The Kier molecular flexibility index (Phi) is 4.96. The second kappa shape index (κ2) is 7.41. The van der Waals surface area contributed by atoms with Gasteiger partial charge in [0.1, 0.15) is 0 Å². The lowest BCUT2D eigenvalue weighted by Gasteiger charge is -2.38. The first-order chi connectivity index (χ1) is 13.4. The van der Waals surface area contributed by atoms with Crippen molar-refractivity contribution < 1.29 is 15.0 Å². The van der Waals surface area contributed by atoms with Gasteiger partial charge in [0.15, 0.2) is 0 Å². The van der Waals surface area contributed by atoms with Gasteiger partial charge in [-0.2, -0.15) is 0 Å². The summed E-state index contributed by atoms with van der Waals surface area (Å²) in [6.45, 7) is 5.90. The summed E-state index contributed by atoms with van der Waals surface area (Å²) in [5.74, 6) is -0.919. The molecule has 2 aromatic carbocycles. The van der Waals surface area contributed by atoms with E-state index in [1.807, 2.05) is 18.3 Å². The van der Waals surface area contributed by atoms with Gasteiger partial charge in [0, 0.05) is 36.2 Å². The number of hydrogen-bond donors (Lipinski definition) is 3. The molecule has 3 aromatic rings. The molecule has 1 aromatic heterocycles. The summed E-state index contributed by atoms with van der Waals surface area (Å²) in [6.07, 6.45) is 3.08. The number of carboxylic acid groups (broad SMARTS) is 1. The second-order valence-corrected chi connectivity index (χ2v) is 7.85. The van der Waals surface area contributed by atoms with Crippen LogP contribution >= 0.6 is 0 Å². The van der Waals surface area contributed by atoms with E-state index in [1.165, 1.54) is 27.6 Å². The van der Waals surface area contributed by atoms with Crippen LogP contribution < -0.4 is 0 Å². The number of carboxylic acids is 1. The standard InChI is InChI=1S/C23H26N2O3/c1-14-11-15(2)22-19(7-9-24-22)20(14)13-25-10-8-18(26)12-21(25)16-3-5-17(6-4-16)23(27)28/h3-7,9,11,18,21,24,26H,8,10,12-13H2,1-2H3,(H,27,28)/t18-,21+/m1/s1. The fourth-order valence-electron chi connectivity index (χ4n) is 4.44. The molecular weight excluding hydrogens is 352 g/mol. The molecule has 2 heterocycles. The number of aromatic amines is 1. The zero-order chi connectivity index (χ0) is 19.8. The van der Waals surface area contributed by atoms with Crippen molar-refractivity contribution in [2.45, 2.75) is 45.4 Å². The van der Waals surface area contributed by atoms with E-state index in [-0.39, 0.29) is 17.7 Å². The summed E-state index contributed by atoms with van der Waals surface area (Å²) in [6, 6.07) is 11.5. The van der Waals surface area contributed by atoms with Gasteiger partial charge in [-0.15, -0.1) is 0 Å². The van der Waals surface area contributed by atoms with Crippen molar-refractivity contribution in [3.05, 3.63) is 70.4 Å². The molecular formula is C23H26N2O3. The summed E-state index contributed by atoms with van der Waals surface area (Å²) in [7, 11) is 0. The molecule has 146 valence electrons. The average Bonchev–Trinajstić information content (AvgIpc) is 3.16. The van der Waals surface area contributed by atoms with E-state index in [4.69, 9.17) is 5.11 Å². The maximum absolute atomic E-state index is 11.2. The molecule has 1 aliphatic rings. The van der Waals surface area contributed by atoms with Gasteiger partial charge in [-0.1, -0.05) is 18.2 Å². The monoisotopic (exact) mass is 378 g/mol. The van der Waals surface area contributed by atoms with E-state index >= 15 is 0 Å². The number of aromatic nitrogens is 1. The number of aliphatic hydroxyl groups excluding tert-OH is 1. The van der Waals surface area contributed by atoms with Crippen LogP contribution in [0.4, 0.5) is 0 Å². The third-order valence-electron chi connectivity index (χ3n) is 5.96. The van der Waals surface area contributed by atoms with E-state index in [0.29, 0.717) is 6.42 Å². The Bertz CT molecular complexity index is 1010. The van der Waals surface area contributed by atoms with Crippen molar-refractivity contribution in [1.29, 1.82) is 0 Å². The van der Waals surface area contributed by atoms with Crippen LogP contribution in [-0.2, 0) is 6.54 Å². The topological polar surface area (TPSA) is 76.6 Å². The maximum atomic E-state index is 11.2. The highest BCUT2D eigenvalue weighted by Gasteiger charge is 2.29. The van der Waals surface area contributed by atoms with Crippen LogP contribution in [0.15, 0.2) is 42.6 Å². The molecule has 0 bridgehead atoms. The smallest absolute Gasteiger partial charge is 0.335 e. The number of carbonyl (C=O) groups is 1. The number of rotatable bonds is 4. The fraction of sp³-hybridized carbons (Fsp3) is 0.348. The quantitative estimate of drug-likeness (QED) is 0.636. The summed E-state index contributed by atoms with van der Waals surface area (Å²) in [5.41, 5.74) is 6.35. The van der Waals surface area contributed by atoms with E-state index in [0.717, 1.165) is 25.1 Å². The van der Waals surface area contributed by atoms with Crippen molar-refractivity contribution in [1.82, 2.24) is 9.88 Å². The number of aromatic carboxylic acids is 1. The first-order valence-corrected chi connectivity index (χ1v) is 9.75. The highest BCUT2D eigenvalue weighted by atomic mass is 16.4. The van der Waals surface area contributed by atoms with E-state index in [9.17, 15) is 9.90 Å². The third kappa shape index (κ3) is 3.43. The Labute approximate surface area is 164 Å². The minimum absolute atomic E-state index is 0.0706. The number of benzene rings is 2. The molecule has 28 heavy (non-hydrogen) atoms. The SMILES string of the molecule is Cc1cc(C)c2[nH]ccc2c1CN1CC[C@@H](O)C[C@H]1c1ccc(C(=O)O)cc1. The van der Waals surface area contributed by atoms with E-state index in [2.05, 4.69) is 35.9 Å². The molecule has 2 atom stereocenters. The average molecular weight is 378 g/mol. The van der Waals surface area contributed by atoms with Gasteiger partial charge in [0.2, 0.25) is 0 Å². The fourth-order valence-corrected chi connectivity index (χ4v) is 4.44. The van der Waals surface area contributed by atoms with E-state index in [1.54, 1.807) is 12.1 Å². The number of hydrogen-bond acceptors (Lipinski definition) is 3. The first kappa shape index (κ1) is 18.7. The first-order valence-electron chi connectivity index (χ1n) is 9.75. The minimum Gasteiger partial charge on any atom is -0.478 e. The molecule has 1 fully saturated rings. The molecule has 0 aliphatic carbocycles. The number of fused-ring (bicyclic) bond motifs is 1. The van der Waals surface area contributed by atoms with Gasteiger partial charge >= 0.3 is 5.97 Å². The van der Waals surface area contributed by atoms with Crippen LogP contribution in [0.3, 0.4) is 0 Å². The molecule has 0 radical (unpaired) electrons. The number of nitrogens with zero attached hydrogens (tertiary/aromatic N) is 1. The Balaban J connectivity index is 1.67. The van der Waals surface area contributed by atoms with Crippen molar-refractivity contribution in [2.24, 2.45) is 0 Å². The number of H-pyrrole nitrogens is 1. The van der Waals surface area contributed by atoms with Crippen molar-refractivity contribution in [3.63, 3.8) is 0 Å². The third-order valence-corrected chi connectivity index (χ3v) is 5.96. The Morgan fingerprint density at radius 2 is 1.93 bits per heavy atom. The van der Waals surface area contributed by atoms with Crippen LogP contribution in [0.5, 0.6) is 0 Å². The molecule has 0 amide bonds. The van der Waals surface area contributed by atoms with Crippen LogP contribution in [0.1, 0.15) is 51.5 Å². The molecule has 0 unspecified atom stereocenters. The predicted molar refractivity (Wildman–Crippen MR) is 110 cm³/mol. The molecule has 1 aliphatic heterocycles. The Morgan fingerprint density at radius 3 is 2.64 bits per heavy atom. The summed E-state index contributed by atoms with van der Waals surface area (Å²) in [5, 5.41) is 20.7. The maximum Gasteiger partial charge on any atom is 0.335 e. The van der Waals surface area contributed by atoms with Gasteiger partial charge in [-0.3, -0.25) is 4.90 Å². The van der Waals surface area contributed by atoms with E-state index < -0.39 is 5.97 Å². The normalized spacial score (nSPS) is 20.5. The molecule has 1 saturated heterocycles. The van der Waals surface area contributed by atoms with Gasteiger partial charge in [-0.25, -0.2) is 4.79 Å². The number of nitrogens with one attached hydrogen (secondary N) is 1. The second-order valence-electron chi connectivity index (χ2n) is 7.85. The van der Waals surface area contributed by atoms with Crippen LogP contribution in [0, 0.1) is 13.8 Å². The summed E-state index contributed by atoms with van der Waals surface area (Å²) >= 11 is 0. The van der Waals surface area contributed by atoms with Crippen LogP contribution in [0.25, 0.3) is 10.9 Å². The number of aliphatic hydroxyl groups is 1.